The Morgan fingerprint density at radius 2 is 2.25 bits per heavy atom. The summed E-state index contributed by atoms with van der Waals surface area (Å²) in [5.74, 6) is 0. The molecule has 2 heteroatoms. The van der Waals surface area contributed by atoms with E-state index in [0.717, 1.165) is 15.9 Å². The fourth-order valence-electron chi connectivity index (χ4n) is 0.983. The summed E-state index contributed by atoms with van der Waals surface area (Å²) in [6.07, 6.45) is 0.934. The largest absolute Gasteiger partial charge is 0.0988 e. The van der Waals surface area contributed by atoms with Crippen LogP contribution in [0.15, 0.2) is 36.4 Å². The van der Waals surface area contributed by atoms with Crippen molar-refractivity contribution in [3.63, 3.8) is 0 Å². The SMILES string of the molecule is C=C(CI)Cc1cccc(Cl)c1. The molecule has 0 aliphatic rings. The highest BCUT2D eigenvalue weighted by atomic mass is 127. The molecule has 0 aliphatic heterocycles. The topological polar surface area (TPSA) is 0 Å². The van der Waals surface area contributed by atoms with Crippen LogP contribution in [0, 0.1) is 0 Å². The molecule has 0 aliphatic carbocycles. The van der Waals surface area contributed by atoms with Gasteiger partial charge in [0.2, 0.25) is 0 Å². The highest BCUT2D eigenvalue weighted by molar-refractivity contribution is 14.1. The zero-order valence-electron chi connectivity index (χ0n) is 6.69. The van der Waals surface area contributed by atoms with Crippen LogP contribution in [0.4, 0.5) is 0 Å². The fraction of sp³-hybridized carbons (Fsp3) is 0.200. The molecule has 0 heterocycles. The van der Waals surface area contributed by atoms with E-state index in [2.05, 4.69) is 35.2 Å². The molecule has 1 rings (SSSR count). The molecule has 0 amide bonds. The summed E-state index contributed by atoms with van der Waals surface area (Å²) in [5, 5.41) is 0.800. The van der Waals surface area contributed by atoms with Gasteiger partial charge >= 0.3 is 0 Å². The van der Waals surface area contributed by atoms with E-state index in [1.165, 1.54) is 11.1 Å². The highest BCUT2D eigenvalue weighted by Gasteiger charge is 1.96. The van der Waals surface area contributed by atoms with Crippen molar-refractivity contribution in [1.29, 1.82) is 0 Å². The Balaban J connectivity index is 2.69. The third-order valence-corrected chi connectivity index (χ3v) is 2.85. The van der Waals surface area contributed by atoms with Crippen molar-refractivity contribution >= 4 is 34.2 Å². The van der Waals surface area contributed by atoms with Gasteiger partial charge in [-0.25, -0.2) is 0 Å². The molecule has 0 fully saturated rings. The molecule has 0 aromatic heterocycles. The lowest BCUT2D eigenvalue weighted by Gasteiger charge is -2.01. The lowest BCUT2D eigenvalue weighted by molar-refractivity contribution is 1.17. The normalized spacial score (nSPS) is 9.83. The first-order chi connectivity index (χ1) is 5.72. The van der Waals surface area contributed by atoms with E-state index >= 15 is 0 Å². The number of rotatable bonds is 3. The monoisotopic (exact) mass is 292 g/mol. The van der Waals surface area contributed by atoms with Crippen LogP contribution in [0.1, 0.15) is 5.56 Å². The van der Waals surface area contributed by atoms with Crippen molar-refractivity contribution in [3.05, 3.63) is 47.0 Å². The lowest BCUT2D eigenvalue weighted by Crippen LogP contribution is -1.89. The first kappa shape index (κ1) is 10.1. The van der Waals surface area contributed by atoms with E-state index in [9.17, 15) is 0 Å². The van der Waals surface area contributed by atoms with Crippen LogP contribution >= 0.6 is 34.2 Å². The molecule has 0 unspecified atom stereocenters. The number of hydrogen-bond donors (Lipinski definition) is 0. The predicted octanol–water partition coefficient (Wildman–Crippen LogP) is 3.87. The van der Waals surface area contributed by atoms with Crippen molar-refractivity contribution in [3.8, 4) is 0 Å². The van der Waals surface area contributed by atoms with Crippen LogP contribution < -0.4 is 0 Å². The zero-order valence-corrected chi connectivity index (χ0v) is 9.60. The lowest BCUT2D eigenvalue weighted by atomic mass is 10.1. The molecular weight excluding hydrogens is 282 g/mol. The Hall–Kier alpha value is -0.0200. The maximum Gasteiger partial charge on any atom is 0.0408 e. The molecule has 0 N–H and O–H groups in total. The van der Waals surface area contributed by atoms with E-state index < -0.39 is 0 Å². The van der Waals surface area contributed by atoms with E-state index in [0.29, 0.717) is 0 Å². The van der Waals surface area contributed by atoms with Gasteiger partial charge in [-0.1, -0.05) is 58.5 Å². The number of alkyl halides is 1. The van der Waals surface area contributed by atoms with E-state index in [4.69, 9.17) is 11.6 Å². The molecule has 0 nitrogen and oxygen atoms in total. The van der Waals surface area contributed by atoms with Crippen LogP contribution in [0.5, 0.6) is 0 Å². The maximum atomic E-state index is 5.84. The van der Waals surface area contributed by atoms with E-state index in [1.807, 2.05) is 18.2 Å². The molecule has 12 heavy (non-hydrogen) atoms. The summed E-state index contributed by atoms with van der Waals surface area (Å²) in [6.45, 7) is 3.95. The second-order valence-electron chi connectivity index (χ2n) is 2.69. The van der Waals surface area contributed by atoms with Gasteiger partial charge in [0, 0.05) is 9.45 Å². The van der Waals surface area contributed by atoms with Crippen molar-refractivity contribution in [1.82, 2.24) is 0 Å². The Kier molecular flexibility index (Phi) is 4.09. The van der Waals surface area contributed by atoms with Crippen molar-refractivity contribution < 1.29 is 0 Å². The number of benzene rings is 1. The van der Waals surface area contributed by atoms with Crippen LogP contribution in [0.25, 0.3) is 0 Å². The Morgan fingerprint density at radius 3 is 2.83 bits per heavy atom. The number of halogens is 2. The summed E-state index contributed by atoms with van der Waals surface area (Å²) in [7, 11) is 0. The molecule has 0 spiro atoms. The van der Waals surface area contributed by atoms with Gasteiger partial charge in [0.05, 0.1) is 0 Å². The molecule has 1 aromatic carbocycles. The summed E-state index contributed by atoms with van der Waals surface area (Å²) in [5.41, 5.74) is 2.47. The molecule has 1 aromatic rings. The minimum atomic E-state index is 0.800. The van der Waals surface area contributed by atoms with Crippen LogP contribution in [0.2, 0.25) is 5.02 Å². The Bertz CT molecular complexity index is 281. The third kappa shape index (κ3) is 3.15. The fourth-order valence-corrected chi connectivity index (χ4v) is 1.47. The van der Waals surface area contributed by atoms with E-state index in [1.54, 1.807) is 0 Å². The van der Waals surface area contributed by atoms with Crippen LogP contribution in [0.3, 0.4) is 0 Å². The van der Waals surface area contributed by atoms with Gasteiger partial charge in [-0.15, -0.1) is 0 Å². The standard InChI is InChI=1S/C10H10ClI/c1-8(7-12)5-9-3-2-4-10(11)6-9/h2-4,6H,1,5,7H2. The molecule has 64 valence electrons. The van der Waals surface area contributed by atoms with E-state index in [-0.39, 0.29) is 0 Å². The predicted molar refractivity (Wildman–Crippen MR) is 63.2 cm³/mol. The van der Waals surface area contributed by atoms with Gasteiger partial charge < -0.3 is 0 Å². The number of allylic oxidation sites excluding steroid dienone is 1. The van der Waals surface area contributed by atoms with Crippen molar-refractivity contribution in [2.45, 2.75) is 6.42 Å². The average Bonchev–Trinajstić information content (AvgIpc) is 2.04. The van der Waals surface area contributed by atoms with Gasteiger partial charge in [-0.3, -0.25) is 0 Å². The minimum Gasteiger partial charge on any atom is -0.0988 e. The van der Waals surface area contributed by atoms with Gasteiger partial charge in [-0.2, -0.15) is 0 Å². The minimum absolute atomic E-state index is 0.800. The summed E-state index contributed by atoms with van der Waals surface area (Å²) >= 11 is 8.16. The first-order valence-electron chi connectivity index (χ1n) is 3.69. The quantitative estimate of drug-likeness (QED) is 0.451. The highest BCUT2D eigenvalue weighted by Crippen LogP contribution is 2.14. The zero-order chi connectivity index (χ0) is 8.97. The molecule has 0 radical (unpaired) electrons. The average molecular weight is 293 g/mol. The summed E-state index contributed by atoms with van der Waals surface area (Å²) in [4.78, 5) is 0. The first-order valence-corrected chi connectivity index (χ1v) is 5.60. The number of hydrogen-bond acceptors (Lipinski definition) is 0. The molecule has 0 saturated heterocycles. The van der Waals surface area contributed by atoms with Gasteiger partial charge in [0.25, 0.3) is 0 Å². The molecule has 0 saturated carbocycles. The van der Waals surface area contributed by atoms with Crippen LogP contribution in [-0.4, -0.2) is 4.43 Å². The Morgan fingerprint density at radius 1 is 1.50 bits per heavy atom. The van der Waals surface area contributed by atoms with Gasteiger partial charge in [0.1, 0.15) is 0 Å². The molecule has 0 bridgehead atoms. The smallest absolute Gasteiger partial charge is 0.0408 e. The maximum absolute atomic E-state index is 5.84. The summed E-state index contributed by atoms with van der Waals surface area (Å²) < 4.78 is 1.00. The second kappa shape index (κ2) is 4.87. The third-order valence-electron chi connectivity index (χ3n) is 1.53. The van der Waals surface area contributed by atoms with Crippen molar-refractivity contribution in [2.24, 2.45) is 0 Å². The molecule has 0 atom stereocenters. The van der Waals surface area contributed by atoms with Gasteiger partial charge in [-0.05, 0) is 24.1 Å². The second-order valence-corrected chi connectivity index (χ2v) is 3.89. The Labute approximate surface area is 91.8 Å². The summed E-state index contributed by atoms with van der Waals surface area (Å²) in [6, 6.07) is 7.92. The molecular formula is C10H10ClI. The van der Waals surface area contributed by atoms with Gasteiger partial charge in [0.15, 0.2) is 0 Å². The van der Waals surface area contributed by atoms with Crippen LogP contribution in [-0.2, 0) is 6.42 Å². The van der Waals surface area contributed by atoms with Crippen molar-refractivity contribution in [2.75, 3.05) is 4.43 Å².